The molecule has 0 saturated carbocycles. The topological polar surface area (TPSA) is 51.2 Å². The van der Waals surface area contributed by atoms with Gasteiger partial charge in [-0.3, -0.25) is 9.78 Å². The number of methoxy groups -OCH3 is 1. The number of hydrogen-bond acceptors (Lipinski definition) is 3. The van der Waals surface area contributed by atoms with Crippen LogP contribution in [-0.2, 0) is 4.79 Å². The number of nitrogens with one attached hydrogen (secondary N) is 1. The molecule has 3 aromatic rings. The molecule has 1 amide bonds. The Bertz CT molecular complexity index is 1290. The van der Waals surface area contributed by atoms with E-state index in [0.29, 0.717) is 34.5 Å². The fourth-order valence-corrected chi connectivity index (χ4v) is 3.76. The van der Waals surface area contributed by atoms with Gasteiger partial charge in [0.2, 0.25) is 0 Å². The van der Waals surface area contributed by atoms with Crippen LogP contribution in [0.5, 0.6) is 5.75 Å². The highest BCUT2D eigenvalue weighted by atomic mass is 79.9. The molecule has 1 aromatic heterocycles. The van der Waals surface area contributed by atoms with Crippen molar-refractivity contribution in [3.05, 3.63) is 93.8 Å². The van der Waals surface area contributed by atoms with Gasteiger partial charge in [0, 0.05) is 45.9 Å². The number of halogens is 3. The minimum atomic E-state index is -0.766. The second-order valence-electron chi connectivity index (χ2n) is 7.68. The maximum absolute atomic E-state index is 14.5. The quantitative estimate of drug-likeness (QED) is 0.326. The Morgan fingerprint density at radius 1 is 1.15 bits per heavy atom. The van der Waals surface area contributed by atoms with Gasteiger partial charge in [0.1, 0.15) is 5.82 Å². The van der Waals surface area contributed by atoms with Crippen LogP contribution in [-0.4, -0.2) is 18.0 Å². The summed E-state index contributed by atoms with van der Waals surface area (Å²) in [5, 5.41) is 2.86. The van der Waals surface area contributed by atoms with Gasteiger partial charge in [-0.1, -0.05) is 41.1 Å². The highest BCUT2D eigenvalue weighted by Gasteiger charge is 2.19. The van der Waals surface area contributed by atoms with E-state index in [9.17, 15) is 13.6 Å². The van der Waals surface area contributed by atoms with E-state index in [4.69, 9.17) is 4.74 Å². The van der Waals surface area contributed by atoms with Crippen LogP contribution in [0.4, 0.5) is 14.5 Å². The summed E-state index contributed by atoms with van der Waals surface area (Å²) in [4.78, 5) is 18.3. The van der Waals surface area contributed by atoms with E-state index in [1.807, 2.05) is 44.2 Å². The van der Waals surface area contributed by atoms with Crippen LogP contribution in [0.2, 0.25) is 0 Å². The second-order valence-corrected chi connectivity index (χ2v) is 8.14. The number of nitrogens with zero attached hydrogens (tertiary/aromatic N) is 1. The van der Waals surface area contributed by atoms with E-state index < -0.39 is 11.6 Å². The zero-order chi connectivity index (χ0) is 24.8. The van der Waals surface area contributed by atoms with Crippen molar-refractivity contribution in [2.24, 2.45) is 0 Å². The number of amides is 1. The number of carbonyl (C=O) groups is 1. The molecule has 0 unspecified atom stereocenters. The molecule has 0 spiro atoms. The third kappa shape index (κ3) is 5.59. The van der Waals surface area contributed by atoms with Crippen molar-refractivity contribution >= 4 is 33.1 Å². The molecule has 2 aromatic carbocycles. The average Bonchev–Trinajstić information content (AvgIpc) is 2.82. The first-order valence-electron chi connectivity index (χ1n) is 10.7. The lowest BCUT2D eigenvalue weighted by Gasteiger charge is -2.17. The van der Waals surface area contributed by atoms with Crippen LogP contribution < -0.4 is 10.1 Å². The average molecular weight is 527 g/mol. The summed E-state index contributed by atoms with van der Waals surface area (Å²) in [6.45, 7) is 5.50. The summed E-state index contributed by atoms with van der Waals surface area (Å²) in [7, 11) is 1.36. The summed E-state index contributed by atoms with van der Waals surface area (Å²) >= 11 is 3.17. The first kappa shape index (κ1) is 25.3. The minimum Gasteiger partial charge on any atom is -0.493 e. The Kier molecular flexibility index (Phi) is 8.34. The molecular formula is C27H25BrF2N2O2. The minimum absolute atomic E-state index is 0.0224. The molecular weight excluding hydrogens is 502 g/mol. The van der Waals surface area contributed by atoms with Crippen LogP contribution in [0.3, 0.4) is 0 Å². The smallest absolute Gasteiger partial charge is 0.251 e. The Labute approximate surface area is 206 Å². The highest BCUT2D eigenvalue weighted by molar-refractivity contribution is 9.11. The molecule has 1 N–H and O–H groups in total. The van der Waals surface area contributed by atoms with E-state index in [0.717, 1.165) is 22.8 Å². The van der Waals surface area contributed by atoms with Gasteiger partial charge in [-0.25, -0.2) is 8.78 Å². The molecule has 0 fully saturated rings. The maximum Gasteiger partial charge on any atom is 0.251 e. The Morgan fingerprint density at radius 2 is 1.91 bits per heavy atom. The standard InChI is InChI=1S/C27H25BrF2N2O2/c1-5-7-22(24-12-20(29)13-25(30)26(24)34-4)23-11-19(15-31-17(23)3)18-8-6-9-21(10-18)32-27(33)16(2)14-28/h6-15H,5H2,1-4H3,(H,32,33)/b16-14+,22-7+. The zero-order valence-electron chi connectivity index (χ0n) is 19.4. The van der Waals surface area contributed by atoms with E-state index in [2.05, 4.69) is 26.2 Å². The SMILES string of the molecule is CC/C=C(\c1cc(-c2cccc(NC(=O)/C(C)=C/Br)c2)cnc1C)c1cc(F)cc(F)c1OC. The number of hydrogen-bond donors (Lipinski definition) is 1. The second kappa shape index (κ2) is 11.2. The van der Waals surface area contributed by atoms with Gasteiger partial charge in [0.05, 0.1) is 7.11 Å². The van der Waals surface area contributed by atoms with Gasteiger partial charge in [0.15, 0.2) is 11.6 Å². The molecule has 0 bridgehead atoms. The number of carbonyl (C=O) groups excluding carboxylic acids is 1. The van der Waals surface area contributed by atoms with E-state index >= 15 is 0 Å². The summed E-state index contributed by atoms with van der Waals surface area (Å²) in [5.41, 5.74) is 5.19. The monoisotopic (exact) mass is 526 g/mol. The van der Waals surface area contributed by atoms with Crippen molar-refractivity contribution in [1.82, 2.24) is 4.98 Å². The van der Waals surface area contributed by atoms with Crippen molar-refractivity contribution in [3.8, 4) is 16.9 Å². The van der Waals surface area contributed by atoms with Crippen LogP contribution in [0.15, 0.2) is 65.3 Å². The van der Waals surface area contributed by atoms with Crippen molar-refractivity contribution in [2.75, 3.05) is 12.4 Å². The molecule has 176 valence electrons. The first-order valence-corrected chi connectivity index (χ1v) is 11.6. The Balaban J connectivity index is 2.10. The molecule has 34 heavy (non-hydrogen) atoms. The van der Waals surface area contributed by atoms with Crippen molar-refractivity contribution < 1.29 is 18.3 Å². The van der Waals surface area contributed by atoms with Gasteiger partial charge >= 0.3 is 0 Å². The summed E-state index contributed by atoms with van der Waals surface area (Å²) < 4.78 is 33.9. The molecule has 0 saturated heterocycles. The van der Waals surface area contributed by atoms with Gasteiger partial charge < -0.3 is 10.1 Å². The molecule has 4 nitrogen and oxygen atoms in total. The third-order valence-corrected chi connectivity index (χ3v) is 5.95. The molecule has 1 heterocycles. The van der Waals surface area contributed by atoms with E-state index in [1.54, 1.807) is 24.2 Å². The van der Waals surface area contributed by atoms with Gasteiger partial charge in [-0.05, 0) is 60.7 Å². The lowest BCUT2D eigenvalue weighted by Crippen LogP contribution is -2.12. The lowest BCUT2D eigenvalue weighted by molar-refractivity contribution is -0.112. The number of anilines is 1. The molecule has 0 aliphatic rings. The summed E-state index contributed by atoms with van der Waals surface area (Å²) in [6, 6.07) is 11.4. The summed E-state index contributed by atoms with van der Waals surface area (Å²) in [5.74, 6) is -1.69. The number of aryl methyl sites for hydroxylation is 1. The maximum atomic E-state index is 14.5. The Morgan fingerprint density at radius 3 is 2.59 bits per heavy atom. The molecule has 3 rings (SSSR count). The largest absolute Gasteiger partial charge is 0.493 e. The predicted molar refractivity (Wildman–Crippen MR) is 136 cm³/mol. The van der Waals surface area contributed by atoms with Gasteiger partial charge in [-0.2, -0.15) is 0 Å². The third-order valence-electron chi connectivity index (χ3n) is 5.26. The molecule has 0 aliphatic carbocycles. The lowest BCUT2D eigenvalue weighted by atomic mass is 9.92. The van der Waals surface area contributed by atoms with Crippen molar-refractivity contribution in [2.45, 2.75) is 27.2 Å². The highest BCUT2D eigenvalue weighted by Crippen LogP contribution is 2.36. The number of allylic oxidation sites excluding steroid dienone is 1. The van der Waals surface area contributed by atoms with Crippen molar-refractivity contribution in [1.29, 1.82) is 0 Å². The molecule has 7 heteroatoms. The number of ether oxygens (including phenoxy) is 1. The number of aromatic nitrogens is 1. The van der Waals surface area contributed by atoms with Crippen LogP contribution >= 0.6 is 15.9 Å². The van der Waals surface area contributed by atoms with E-state index in [1.165, 1.54) is 13.2 Å². The van der Waals surface area contributed by atoms with Crippen LogP contribution in [0.1, 0.15) is 37.1 Å². The number of pyridine rings is 1. The number of benzene rings is 2. The van der Waals surface area contributed by atoms with Crippen LogP contribution in [0, 0.1) is 18.6 Å². The molecule has 0 radical (unpaired) electrons. The van der Waals surface area contributed by atoms with Crippen LogP contribution in [0.25, 0.3) is 16.7 Å². The van der Waals surface area contributed by atoms with Gasteiger partial charge in [0.25, 0.3) is 5.91 Å². The van der Waals surface area contributed by atoms with Crippen molar-refractivity contribution in [3.63, 3.8) is 0 Å². The molecule has 0 atom stereocenters. The van der Waals surface area contributed by atoms with E-state index in [-0.39, 0.29) is 11.7 Å². The Hall–Kier alpha value is -3.32. The normalized spacial score (nSPS) is 12.0. The fourth-order valence-electron chi connectivity index (χ4n) is 3.56. The first-order chi connectivity index (χ1) is 16.3. The van der Waals surface area contributed by atoms with Gasteiger partial charge in [-0.15, -0.1) is 0 Å². The zero-order valence-corrected chi connectivity index (χ0v) is 21.0. The fraction of sp³-hybridized carbons (Fsp3) is 0.185. The summed E-state index contributed by atoms with van der Waals surface area (Å²) in [6.07, 6.45) is 4.27. The predicted octanol–water partition coefficient (Wildman–Crippen LogP) is 7.42. The number of rotatable bonds is 7. The molecule has 0 aliphatic heterocycles.